The largest absolute Gasteiger partial charge is 0.394 e. The van der Waals surface area contributed by atoms with Crippen LogP contribution in [0.15, 0.2) is 36.4 Å². The smallest absolute Gasteiger partial charge is 0.220 e. The quantitative estimate of drug-likeness (QED) is 0.490. The first-order valence-electron chi connectivity index (χ1n) is 9.35. The van der Waals surface area contributed by atoms with E-state index < -0.39 is 24.6 Å². The second-order valence-corrected chi connectivity index (χ2v) is 7.58. The van der Waals surface area contributed by atoms with E-state index in [1.165, 1.54) is 18.2 Å². The van der Waals surface area contributed by atoms with Gasteiger partial charge in [0.05, 0.1) is 24.3 Å². The first kappa shape index (κ1) is 21.0. The molecule has 29 heavy (non-hydrogen) atoms. The van der Waals surface area contributed by atoms with Crippen molar-refractivity contribution in [3.05, 3.63) is 59.2 Å². The van der Waals surface area contributed by atoms with E-state index in [9.17, 15) is 23.8 Å². The van der Waals surface area contributed by atoms with Crippen molar-refractivity contribution in [2.45, 2.75) is 32.2 Å². The Morgan fingerprint density at radius 3 is 2.41 bits per heavy atom. The summed E-state index contributed by atoms with van der Waals surface area (Å²) in [5.41, 5.74) is 2.04. The van der Waals surface area contributed by atoms with Crippen LogP contribution in [0, 0.1) is 18.6 Å². The van der Waals surface area contributed by atoms with Crippen LogP contribution >= 0.6 is 0 Å². The Kier molecular flexibility index (Phi) is 6.00. The number of aryl methyl sites for hydroxylation is 2. The fourth-order valence-electron chi connectivity index (χ4n) is 3.33. The summed E-state index contributed by atoms with van der Waals surface area (Å²) in [5, 5.41) is 22.0. The zero-order chi connectivity index (χ0) is 21.2. The highest BCUT2D eigenvalue weighted by atomic mass is 19.1. The van der Waals surface area contributed by atoms with Crippen LogP contribution in [0.4, 0.5) is 8.78 Å². The van der Waals surface area contributed by atoms with E-state index >= 15 is 0 Å². The number of aromatic amines is 1. The summed E-state index contributed by atoms with van der Waals surface area (Å²) in [7, 11) is 0. The molecule has 2 aromatic carbocycles. The van der Waals surface area contributed by atoms with Gasteiger partial charge in [-0.3, -0.25) is 4.79 Å². The molecule has 0 aliphatic carbocycles. The van der Waals surface area contributed by atoms with Gasteiger partial charge in [-0.05, 0) is 73.4 Å². The number of aliphatic hydroxyl groups excluding tert-OH is 2. The van der Waals surface area contributed by atoms with E-state index in [4.69, 9.17) is 0 Å². The average molecular weight is 402 g/mol. The van der Waals surface area contributed by atoms with Crippen LogP contribution < -0.4 is 5.32 Å². The van der Waals surface area contributed by atoms with Crippen LogP contribution in [0.3, 0.4) is 0 Å². The highest BCUT2D eigenvalue weighted by Crippen LogP contribution is 2.33. The molecule has 0 atom stereocenters. The van der Waals surface area contributed by atoms with E-state index in [1.807, 2.05) is 6.07 Å². The summed E-state index contributed by atoms with van der Waals surface area (Å²) in [6.07, 6.45) is 0.376. The van der Waals surface area contributed by atoms with Gasteiger partial charge in [0.2, 0.25) is 5.91 Å². The Morgan fingerprint density at radius 2 is 1.79 bits per heavy atom. The summed E-state index contributed by atoms with van der Waals surface area (Å²) in [6.45, 7) is 2.54. The molecule has 5 nitrogen and oxygen atoms in total. The summed E-state index contributed by atoms with van der Waals surface area (Å²) >= 11 is 0. The fraction of sp³-hybridized carbons (Fsp3) is 0.318. The molecular weight excluding hydrogens is 378 g/mol. The number of benzene rings is 2. The maximum Gasteiger partial charge on any atom is 0.220 e. The van der Waals surface area contributed by atoms with E-state index in [1.54, 1.807) is 26.0 Å². The monoisotopic (exact) mass is 402 g/mol. The molecule has 4 N–H and O–H groups in total. The number of aliphatic hydroxyl groups is 2. The van der Waals surface area contributed by atoms with Crippen molar-refractivity contribution in [2.24, 2.45) is 0 Å². The minimum atomic E-state index is -1.11. The molecule has 0 unspecified atom stereocenters. The third kappa shape index (κ3) is 4.46. The molecule has 1 aromatic heterocycles. The zero-order valence-electron chi connectivity index (χ0n) is 16.4. The van der Waals surface area contributed by atoms with Crippen LogP contribution in [-0.4, -0.2) is 39.9 Å². The Hall–Kier alpha value is -2.77. The number of carbonyl (C=O) groups is 1. The Morgan fingerprint density at radius 1 is 1.14 bits per heavy atom. The molecule has 0 saturated carbocycles. The second kappa shape index (κ2) is 8.31. The highest BCUT2D eigenvalue weighted by molar-refractivity contribution is 5.92. The number of nitrogens with one attached hydrogen (secondary N) is 2. The van der Waals surface area contributed by atoms with Gasteiger partial charge in [-0.25, -0.2) is 8.78 Å². The standard InChI is InChI=1S/C22H24F2N2O3/c1-13-9-17-16(7-8-19(29)26-22(2,11-27)12-28)20(25-21(17)18(24)10-13)14-3-5-15(23)6-4-14/h3-6,9-10,25,27-28H,7-8,11-12H2,1-2H3,(H,26,29). The first-order valence-corrected chi connectivity index (χ1v) is 9.35. The summed E-state index contributed by atoms with van der Waals surface area (Å²) in [4.78, 5) is 15.4. The van der Waals surface area contributed by atoms with Crippen molar-refractivity contribution in [1.29, 1.82) is 0 Å². The van der Waals surface area contributed by atoms with Crippen LogP contribution in [-0.2, 0) is 11.2 Å². The predicted molar refractivity (Wildman–Crippen MR) is 107 cm³/mol. The van der Waals surface area contributed by atoms with Gasteiger partial charge in [-0.15, -0.1) is 0 Å². The number of amides is 1. The zero-order valence-corrected chi connectivity index (χ0v) is 16.4. The van der Waals surface area contributed by atoms with Gasteiger partial charge < -0.3 is 20.5 Å². The topological polar surface area (TPSA) is 85.4 Å². The number of fused-ring (bicyclic) bond motifs is 1. The fourth-order valence-corrected chi connectivity index (χ4v) is 3.33. The number of rotatable bonds is 7. The lowest BCUT2D eigenvalue weighted by molar-refractivity contribution is -0.124. The Labute approximate surface area is 167 Å². The lowest BCUT2D eigenvalue weighted by Gasteiger charge is -2.26. The molecule has 3 aromatic rings. The van der Waals surface area contributed by atoms with E-state index in [0.717, 1.165) is 11.1 Å². The summed E-state index contributed by atoms with van der Waals surface area (Å²) in [5.74, 6) is -1.12. The van der Waals surface area contributed by atoms with E-state index in [2.05, 4.69) is 10.3 Å². The van der Waals surface area contributed by atoms with E-state index in [0.29, 0.717) is 28.6 Å². The molecular formula is C22H24F2N2O3. The first-order chi connectivity index (χ1) is 13.8. The third-order valence-corrected chi connectivity index (χ3v) is 4.99. The van der Waals surface area contributed by atoms with Gasteiger partial charge in [0.1, 0.15) is 11.6 Å². The van der Waals surface area contributed by atoms with Crippen molar-refractivity contribution in [3.8, 4) is 11.3 Å². The third-order valence-electron chi connectivity index (χ3n) is 4.99. The minimum Gasteiger partial charge on any atom is -0.394 e. The molecule has 0 fully saturated rings. The molecule has 1 amide bonds. The summed E-state index contributed by atoms with van der Waals surface area (Å²) in [6, 6.07) is 9.13. The lowest BCUT2D eigenvalue weighted by Crippen LogP contribution is -2.51. The van der Waals surface area contributed by atoms with Crippen LogP contribution in [0.2, 0.25) is 0 Å². The molecule has 1 heterocycles. The number of carbonyl (C=O) groups excluding carboxylic acids is 1. The molecule has 0 saturated heterocycles. The van der Waals surface area contributed by atoms with Crippen LogP contribution in [0.5, 0.6) is 0 Å². The lowest BCUT2D eigenvalue weighted by atomic mass is 9.99. The number of hydrogen-bond acceptors (Lipinski definition) is 3. The summed E-state index contributed by atoms with van der Waals surface area (Å²) < 4.78 is 27.8. The molecule has 0 radical (unpaired) electrons. The van der Waals surface area contributed by atoms with E-state index in [-0.39, 0.29) is 18.1 Å². The number of halogens is 2. The second-order valence-electron chi connectivity index (χ2n) is 7.58. The van der Waals surface area contributed by atoms with Crippen LogP contribution in [0.1, 0.15) is 24.5 Å². The molecule has 7 heteroatoms. The van der Waals surface area contributed by atoms with Crippen molar-refractivity contribution in [1.82, 2.24) is 10.3 Å². The predicted octanol–water partition coefficient (Wildman–Crippen LogP) is 3.21. The average Bonchev–Trinajstić information content (AvgIpc) is 3.05. The van der Waals surface area contributed by atoms with Crippen molar-refractivity contribution >= 4 is 16.8 Å². The van der Waals surface area contributed by atoms with Gasteiger partial charge >= 0.3 is 0 Å². The van der Waals surface area contributed by atoms with Gasteiger partial charge in [0.15, 0.2) is 0 Å². The molecule has 0 spiro atoms. The number of hydrogen-bond donors (Lipinski definition) is 4. The van der Waals surface area contributed by atoms with Gasteiger partial charge in [0, 0.05) is 17.5 Å². The molecule has 0 aliphatic heterocycles. The maximum absolute atomic E-state index is 14.5. The molecule has 154 valence electrons. The number of aromatic nitrogens is 1. The Balaban J connectivity index is 1.97. The number of H-pyrrole nitrogens is 1. The van der Waals surface area contributed by atoms with Crippen molar-refractivity contribution in [2.75, 3.05) is 13.2 Å². The Bertz CT molecular complexity index is 1020. The van der Waals surface area contributed by atoms with Crippen LogP contribution in [0.25, 0.3) is 22.2 Å². The minimum absolute atomic E-state index is 0.0757. The highest BCUT2D eigenvalue weighted by Gasteiger charge is 2.25. The van der Waals surface area contributed by atoms with Crippen molar-refractivity contribution in [3.63, 3.8) is 0 Å². The van der Waals surface area contributed by atoms with Crippen molar-refractivity contribution < 1.29 is 23.8 Å². The molecule has 0 aliphatic rings. The molecule has 0 bridgehead atoms. The van der Waals surface area contributed by atoms with Gasteiger partial charge in [-0.1, -0.05) is 0 Å². The van der Waals surface area contributed by atoms with Gasteiger partial charge in [0.25, 0.3) is 0 Å². The van der Waals surface area contributed by atoms with Gasteiger partial charge in [-0.2, -0.15) is 0 Å². The normalized spacial score (nSPS) is 11.8. The maximum atomic E-state index is 14.5. The SMILES string of the molecule is Cc1cc(F)c2[nH]c(-c3ccc(F)cc3)c(CCC(=O)NC(C)(CO)CO)c2c1. The molecule has 3 rings (SSSR count).